The second-order valence-corrected chi connectivity index (χ2v) is 13.0. The maximum atomic E-state index is 15.2. The number of nitrogens with one attached hydrogen (secondary N) is 2. The number of halogens is 1. The summed E-state index contributed by atoms with van der Waals surface area (Å²) in [6.07, 6.45) is 0.601. The van der Waals surface area contributed by atoms with Crippen molar-refractivity contribution in [2.75, 3.05) is 25.3 Å². The number of nitrogens with zero attached hydrogens (tertiary/aromatic N) is 4. The zero-order chi connectivity index (χ0) is 34.1. The van der Waals surface area contributed by atoms with Crippen molar-refractivity contribution in [3.8, 4) is 0 Å². The van der Waals surface area contributed by atoms with Gasteiger partial charge in [-0.05, 0) is 37.8 Å². The summed E-state index contributed by atoms with van der Waals surface area (Å²) in [6, 6.07) is 16.0. The summed E-state index contributed by atoms with van der Waals surface area (Å²) < 4.78 is 53.7. The van der Waals surface area contributed by atoms with Crippen LogP contribution in [0.5, 0.6) is 0 Å². The van der Waals surface area contributed by atoms with Crippen molar-refractivity contribution >= 4 is 36.4 Å². The Kier molecular flexibility index (Phi) is 11.6. The summed E-state index contributed by atoms with van der Waals surface area (Å²) in [5, 5.41) is 5.80. The molecule has 2 aromatic heterocycles. The van der Waals surface area contributed by atoms with Crippen LogP contribution in [0.4, 0.5) is 10.2 Å². The minimum absolute atomic E-state index is 0.0837. The van der Waals surface area contributed by atoms with E-state index in [0.717, 1.165) is 17.2 Å². The molecule has 14 nitrogen and oxygen atoms in total. The predicted octanol–water partition coefficient (Wildman–Crippen LogP) is 3.81. The summed E-state index contributed by atoms with van der Waals surface area (Å²) in [4.78, 5) is 38.5. The summed E-state index contributed by atoms with van der Waals surface area (Å²) in [5.41, 5.74) is 7.91. The highest BCUT2D eigenvalue weighted by Gasteiger charge is 2.38. The lowest BCUT2D eigenvalue weighted by Crippen LogP contribution is -2.46. The Hall–Kier alpha value is -4.53. The lowest BCUT2D eigenvalue weighted by Gasteiger charge is -2.29. The number of carbonyl (C=O) groups excluding carboxylic acids is 2. The molecular formula is C32H37FN7O7P. The molecule has 2 aromatic carbocycles. The second-order valence-electron chi connectivity index (χ2n) is 10.8. The molecule has 48 heavy (non-hydrogen) atoms. The lowest BCUT2D eigenvalue weighted by molar-refractivity contribution is -0.145. The Morgan fingerprint density at radius 3 is 2.04 bits per heavy atom. The fourth-order valence-electron chi connectivity index (χ4n) is 5.11. The van der Waals surface area contributed by atoms with Crippen LogP contribution in [0.25, 0.3) is 11.2 Å². The molecule has 254 valence electrons. The first-order valence-corrected chi connectivity index (χ1v) is 17.2. The third-order valence-corrected chi connectivity index (χ3v) is 9.26. The third-order valence-electron chi connectivity index (χ3n) is 7.29. The Morgan fingerprint density at radius 2 is 1.50 bits per heavy atom. The SMILES string of the molecule is CCOC(=O)[C@H](Cc1ccccc1)NP(=O)(CO[C@@H]1C=C(F)[C@H](n2cnc3c(N)ncnc32)O1)N[C@@H](Cc1ccccc1)C(=O)OCC. The van der Waals surface area contributed by atoms with Crippen LogP contribution < -0.4 is 15.9 Å². The number of imidazole rings is 1. The van der Waals surface area contributed by atoms with Crippen LogP contribution >= 0.6 is 7.44 Å². The Morgan fingerprint density at radius 1 is 0.938 bits per heavy atom. The number of benzene rings is 2. The highest BCUT2D eigenvalue weighted by atomic mass is 31.2. The van der Waals surface area contributed by atoms with E-state index in [1.165, 1.54) is 17.2 Å². The standard InChI is InChI=1S/C32H37FN7O7P/c1-3-44-31(41)24(15-21-11-7-5-8-12-21)38-48(43,39-25(32(42)45-4-2)16-22-13-9-6-10-14-22)20-46-26-17-23(33)30(47-26)40-19-37-27-28(34)35-18-36-29(27)40/h5-14,17-19,24-26,30H,3-4,15-16,20H2,1-2H3,(H2,34,35,36)(H2,38,39,43)/t24-,25-,26-,30+/m0/s1. The van der Waals surface area contributed by atoms with E-state index >= 15 is 4.39 Å². The molecule has 0 spiro atoms. The Balaban J connectivity index is 1.41. The molecule has 0 saturated heterocycles. The van der Waals surface area contributed by atoms with Crippen molar-refractivity contribution in [2.24, 2.45) is 0 Å². The van der Waals surface area contributed by atoms with Gasteiger partial charge >= 0.3 is 11.9 Å². The largest absolute Gasteiger partial charge is 0.465 e. The summed E-state index contributed by atoms with van der Waals surface area (Å²) >= 11 is 0. The van der Waals surface area contributed by atoms with Crippen molar-refractivity contribution in [3.05, 3.63) is 96.3 Å². The maximum Gasteiger partial charge on any atom is 0.323 e. The number of hydrogen-bond acceptors (Lipinski definition) is 11. The number of fused-ring (bicyclic) bond motifs is 1. The molecule has 3 heterocycles. The fraction of sp³-hybridized carbons (Fsp3) is 0.344. The smallest absolute Gasteiger partial charge is 0.323 e. The van der Waals surface area contributed by atoms with Gasteiger partial charge in [0, 0.05) is 6.08 Å². The molecule has 4 atom stereocenters. The molecule has 0 bridgehead atoms. The van der Waals surface area contributed by atoms with Gasteiger partial charge in [-0.2, -0.15) is 0 Å². The molecule has 0 radical (unpaired) electrons. The molecule has 4 N–H and O–H groups in total. The molecule has 0 saturated carbocycles. The van der Waals surface area contributed by atoms with Gasteiger partial charge in [0.15, 0.2) is 29.8 Å². The van der Waals surface area contributed by atoms with Gasteiger partial charge in [-0.3, -0.25) is 18.7 Å². The fourth-order valence-corrected chi connectivity index (χ4v) is 7.09. The van der Waals surface area contributed by atoms with Crippen molar-refractivity contribution in [1.29, 1.82) is 0 Å². The van der Waals surface area contributed by atoms with E-state index < -0.39 is 56.2 Å². The van der Waals surface area contributed by atoms with Crippen LogP contribution in [0, 0.1) is 0 Å². The van der Waals surface area contributed by atoms with Crippen LogP contribution in [-0.2, 0) is 45.9 Å². The maximum absolute atomic E-state index is 15.2. The van der Waals surface area contributed by atoms with E-state index in [9.17, 15) is 14.2 Å². The molecule has 0 fully saturated rings. The highest BCUT2D eigenvalue weighted by molar-refractivity contribution is 7.59. The van der Waals surface area contributed by atoms with Crippen molar-refractivity contribution in [1.82, 2.24) is 29.7 Å². The summed E-state index contributed by atoms with van der Waals surface area (Å²) in [7, 11) is -4.07. The average molecular weight is 682 g/mol. The molecule has 16 heteroatoms. The van der Waals surface area contributed by atoms with Crippen LogP contribution in [0.3, 0.4) is 0 Å². The molecule has 1 aliphatic heterocycles. The number of carbonyl (C=O) groups is 2. The van der Waals surface area contributed by atoms with Crippen LogP contribution in [0.1, 0.15) is 31.2 Å². The monoisotopic (exact) mass is 681 g/mol. The van der Waals surface area contributed by atoms with Crippen molar-refractivity contribution in [2.45, 2.75) is 51.3 Å². The topological polar surface area (TPSA) is 182 Å². The molecule has 1 aliphatic rings. The molecule has 4 aromatic rings. The van der Waals surface area contributed by atoms with E-state index in [-0.39, 0.29) is 43.0 Å². The number of hydrogen-bond donors (Lipinski definition) is 3. The van der Waals surface area contributed by atoms with E-state index in [1.807, 2.05) is 60.7 Å². The molecule has 0 unspecified atom stereocenters. The van der Waals surface area contributed by atoms with Gasteiger partial charge < -0.3 is 24.7 Å². The van der Waals surface area contributed by atoms with Crippen molar-refractivity contribution < 1.29 is 37.5 Å². The minimum Gasteiger partial charge on any atom is -0.465 e. The van der Waals surface area contributed by atoms with Gasteiger partial charge in [-0.15, -0.1) is 0 Å². The Bertz CT molecular complexity index is 1710. The summed E-state index contributed by atoms with van der Waals surface area (Å²) in [5.74, 6) is -1.91. The molecule has 5 rings (SSSR count). The molecule has 0 aliphatic carbocycles. The molecular weight excluding hydrogens is 644 g/mol. The van der Waals surface area contributed by atoms with Crippen molar-refractivity contribution in [3.63, 3.8) is 0 Å². The number of ether oxygens (including phenoxy) is 4. The Labute approximate surface area is 276 Å². The first kappa shape index (κ1) is 34.8. The van der Waals surface area contributed by atoms with E-state index in [4.69, 9.17) is 24.7 Å². The average Bonchev–Trinajstić information content (AvgIpc) is 3.68. The first-order valence-electron chi connectivity index (χ1n) is 15.3. The third kappa shape index (κ3) is 8.68. The quantitative estimate of drug-likeness (QED) is 0.115. The van der Waals surface area contributed by atoms with E-state index in [2.05, 4.69) is 25.1 Å². The summed E-state index contributed by atoms with van der Waals surface area (Å²) in [6.45, 7) is 3.49. The predicted molar refractivity (Wildman–Crippen MR) is 174 cm³/mol. The number of esters is 2. The van der Waals surface area contributed by atoms with Crippen LogP contribution in [0.2, 0.25) is 0 Å². The number of nitrogens with two attached hydrogens (primary N) is 1. The first-order chi connectivity index (χ1) is 23.2. The second kappa shape index (κ2) is 16.0. The number of nitrogen functional groups attached to an aromatic ring is 1. The van der Waals surface area contributed by atoms with Gasteiger partial charge in [0.2, 0.25) is 7.44 Å². The van der Waals surface area contributed by atoms with E-state index in [1.54, 1.807) is 13.8 Å². The number of anilines is 1. The van der Waals surface area contributed by atoms with Gasteiger partial charge in [0.1, 0.15) is 30.3 Å². The van der Waals surface area contributed by atoms with Crippen LogP contribution in [-0.4, -0.2) is 69.4 Å². The van der Waals surface area contributed by atoms with Crippen LogP contribution in [0.15, 0.2) is 85.2 Å². The van der Waals surface area contributed by atoms with Gasteiger partial charge in [-0.25, -0.2) is 29.5 Å². The zero-order valence-corrected chi connectivity index (χ0v) is 27.3. The lowest BCUT2D eigenvalue weighted by atomic mass is 10.1. The van der Waals surface area contributed by atoms with Gasteiger partial charge in [0.25, 0.3) is 0 Å². The zero-order valence-electron chi connectivity index (χ0n) is 26.4. The number of aromatic nitrogens is 4. The minimum atomic E-state index is -4.07. The highest BCUT2D eigenvalue weighted by Crippen LogP contribution is 2.41. The molecule has 0 amide bonds. The number of rotatable bonds is 16. The van der Waals surface area contributed by atoms with Gasteiger partial charge in [-0.1, -0.05) is 60.7 Å². The van der Waals surface area contributed by atoms with E-state index in [0.29, 0.717) is 0 Å². The van der Waals surface area contributed by atoms with Gasteiger partial charge in [0.05, 0.1) is 19.5 Å². The normalized spacial score (nSPS) is 17.5.